The van der Waals surface area contributed by atoms with Crippen LogP contribution >= 0.6 is 12.4 Å². The summed E-state index contributed by atoms with van der Waals surface area (Å²) in [4.78, 5) is 0. The molecule has 2 N–H and O–H groups in total. The van der Waals surface area contributed by atoms with Crippen LogP contribution in [0.2, 0.25) is 0 Å². The fraction of sp³-hybridized carbons (Fsp3) is 1.00. The normalized spacial score (nSPS) is 22.1. The van der Waals surface area contributed by atoms with Crippen molar-refractivity contribution in [1.82, 2.24) is 10.0 Å². The van der Waals surface area contributed by atoms with Crippen LogP contribution in [0.15, 0.2) is 0 Å². The van der Waals surface area contributed by atoms with Gasteiger partial charge in [0.05, 0.1) is 11.9 Å². The molecule has 17 heavy (non-hydrogen) atoms. The number of hydrogen-bond acceptors (Lipinski definition) is 4. The van der Waals surface area contributed by atoms with Gasteiger partial charge in [0.25, 0.3) is 0 Å². The lowest BCUT2D eigenvalue weighted by Gasteiger charge is -2.14. The Kier molecular flexibility index (Phi) is 8.32. The van der Waals surface area contributed by atoms with Gasteiger partial charge in [-0.2, -0.15) is 0 Å². The van der Waals surface area contributed by atoms with Crippen LogP contribution < -0.4 is 10.0 Å². The number of nitrogens with one attached hydrogen (secondary N) is 2. The fourth-order valence-corrected chi connectivity index (χ4v) is 2.83. The molecule has 0 bridgehead atoms. The van der Waals surface area contributed by atoms with Crippen molar-refractivity contribution < 1.29 is 13.2 Å². The lowest BCUT2D eigenvalue weighted by molar-refractivity contribution is 0.200. The Bertz CT molecular complexity index is 292. The van der Waals surface area contributed by atoms with Gasteiger partial charge >= 0.3 is 0 Å². The Morgan fingerprint density at radius 2 is 2.24 bits per heavy atom. The third kappa shape index (κ3) is 6.01. The summed E-state index contributed by atoms with van der Waals surface area (Å²) in [6.07, 6.45) is 2.06. The molecule has 0 saturated carbocycles. The molecule has 1 fully saturated rings. The lowest BCUT2D eigenvalue weighted by atomic mass is 10.1. The van der Waals surface area contributed by atoms with Crippen molar-refractivity contribution in [3.8, 4) is 0 Å². The highest BCUT2D eigenvalue weighted by Crippen LogP contribution is 2.11. The van der Waals surface area contributed by atoms with Gasteiger partial charge in [-0.1, -0.05) is 0 Å². The first-order valence-corrected chi connectivity index (χ1v) is 7.29. The molecule has 2 atom stereocenters. The van der Waals surface area contributed by atoms with E-state index in [2.05, 4.69) is 10.0 Å². The summed E-state index contributed by atoms with van der Waals surface area (Å²) in [5.74, 6) is 0.612. The summed E-state index contributed by atoms with van der Waals surface area (Å²) in [6, 6.07) is 0. The van der Waals surface area contributed by atoms with Gasteiger partial charge in [0, 0.05) is 13.7 Å². The molecule has 104 valence electrons. The van der Waals surface area contributed by atoms with Crippen LogP contribution in [-0.2, 0) is 14.8 Å². The van der Waals surface area contributed by atoms with Crippen molar-refractivity contribution in [2.45, 2.75) is 25.0 Å². The van der Waals surface area contributed by atoms with Crippen LogP contribution in [0.4, 0.5) is 0 Å². The number of ether oxygens (including phenoxy) is 1. The zero-order chi connectivity index (χ0) is 12.0. The maximum Gasteiger partial charge on any atom is 0.216 e. The molecule has 1 heterocycles. The van der Waals surface area contributed by atoms with Crippen LogP contribution in [0.5, 0.6) is 0 Å². The minimum atomic E-state index is -3.21. The second kappa shape index (κ2) is 8.26. The number of halogens is 1. The lowest BCUT2D eigenvalue weighted by Crippen LogP contribution is -2.36. The van der Waals surface area contributed by atoms with Crippen LogP contribution in [-0.4, -0.2) is 47.0 Å². The number of sulfonamides is 1. The monoisotopic (exact) mass is 286 g/mol. The van der Waals surface area contributed by atoms with Gasteiger partial charge in [-0.3, -0.25) is 0 Å². The molecule has 1 saturated heterocycles. The molecule has 0 spiro atoms. The van der Waals surface area contributed by atoms with Crippen LogP contribution in [0.3, 0.4) is 0 Å². The van der Waals surface area contributed by atoms with Gasteiger partial charge in [0.2, 0.25) is 10.0 Å². The zero-order valence-corrected chi connectivity index (χ0v) is 12.1. The Morgan fingerprint density at radius 1 is 1.53 bits per heavy atom. The van der Waals surface area contributed by atoms with E-state index in [4.69, 9.17) is 4.74 Å². The zero-order valence-electron chi connectivity index (χ0n) is 10.4. The predicted octanol–water partition coefficient (Wildman–Crippen LogP) is 0.362. The molecule has 0 radical (unpaired) electrons. The van der Waals surface area contributed by atoms with Gasteiger partial charge in [0.1, 0.15) is 0 Å². The van der Waals surface area contributed by atoms with E-state index in [1.165, 1.54) is 7.11 Å². The second-order valence-electron chi connectivity index (χ2n) is 4.35. The summed E-state index contributed by atoms with van der Waals surface area (Å²) >= 11 is 0. The topological polar surface area (TPSA) is 67.4 Å². The van der Waals surface area contributed by atoms with Crippen LogP contribution in [0.1, 0.15) is 19.8 Å². The fourth-order valence-electron chi connectivity index (χ4n) is 1.83. The molecular weight excluding hydrogens is 264 g/mol. The van der Waals surface area contributed by atoms with Crippen LogP contribution in [0.25, 0.3) is 0 Å². The Morgan fingerprint density at radius 3 is 2.76 bits per heavy atom. The first kappa shape index (κ1) is 17.1. The molecule has 0 aromatic heterocycles. The molecular formula is C10H23ClN2O3S. The van der Waals surface area contributed by atoms with E-state index >= 15 is 0 Å². The first-order valence-electron chi connectivity index (χ1n) is 5.74. The summed E-state index contributed by atoms with van der Waals surface area (Å²) < 4.78 is 30.9. The van der Waals surface area contributed by atoms with E-state index in [0.717, 1.165) is 25.9 Å². The standard InChI is InChI=1S/C10H22N2O3S.ClH/c1-9(8-15-2)16(13,14)12-6-4-10-3-5-11-7-10;/h9-12H,3-8H2,1-2H3;1H. The summed E-state index contributed by atoms with van der Waals surface area (Å²) in [7, 11) is -1.70. The largest absolute Gasteiger partial charge is 0.383 e. The van der Waals surface area contributed by atoms with E-state index in [1.807, 2.05) is 0 Å². The molecule has 1 aliphatic heterocycles. The number of hydrogen-bond donors (Lipinski definition) is 2. The average molecular weight is 287 g/mol. The van der Waals surface area contributed by atoms with Gasteiger partial charge in [0.15, 0.2) is 0 Å². The van der Waals surface area contributed by atoms with E-state index in [1.54, 1.807) is 6.92 Å². The maximum absolute atomic E-state index is 11.7. The molecule has 5 nitrogen and oxygen atoms in total. The number of rotatable bonds is 7. The smallest absolute Gasteiger partial charge is 0.216 e. The van der Waals surface area contributed by atoms with Gasteiger partial charge < -0.3 is 10.1 Å². The van der Waals surface area contributed by atoms with Crippen molar-refractivity contribution in [2.75, 3.05) is 33.4 Å². The third-order valence-corrected chi connectivity index (χ3v) is 4.75. The summed E-state index contributed by atoms with van der Waals surface area (Å²) in [5, 5.41) is 2.78. The van der Waals surface area contributed by atoms with E-state index in [9.17, 15) is 8.42 Å². The highest BCUT2D eigenvalue weighted by molar-refractivity contribution is 7.90. The van der Waals surface area contributed by atoms with Gasteiger partial charge in [-0.05, 0) is 38.8 Å². The van der Waals surface area contributed by atoms with Crippen molar-refractivity contribution in [1.29, 1.82) is 0 Å². The molecule has 0 aromatic rings. The molecule has 1 rings (SSSR count). The Labute approximate surface area is 110 Å². The van der Waals surface area contributed by atoms with E-state index in [0.29, 0.717) is 12.5 Å². The molecule has 7 heteroatoms. The Hall–Kier alpha value is 0.120. The van der Waals surface area contributed by atoms with Crippen molar-refractivity contribution >= 4 is 22.4 Å². The SMILES string of the molecule is COCC(C)S(=O)(=O)NCCC1CCNC1.Cl. The average Bonchev–Trinajstić information content (AvgIpc) is 2.70. The van der Waals surface area contributed by atoms with E-state index < -0.39 is 15.3 Å². The van der Waals surface area contributed by atoms with E-state index in [-0.39, 0.29) is 19.0 Å². The molecule has 0 aromatic carbocycles. The number of methoxy groups -OCH3 is 1. The molecule has 1 aliphatic rings. The molecule has 2 unspecified atom stereocenters. The quantitative estimate of drug-likeness (QED) is 0.709. The van der Waals surface area contributed by atoms with Crippen molar-refractivity contribution in [2.24, 2.45) is 5.92 Å². The van der Waals surface area contributed by atoms with Crippen molar-refractivity contribution in [3.63, 3.8) is 0 Å². The highest BCUT2D eigenvalue weighted by atomic mass is 35.5. The minimum absolute atomic E-state index is 0. The maximum atomic E-state index is 11.7. The highest BCUT2D eigenvalue weighted by Gasteiger charge is 2.21. The first-order chi connectivity index (χ1) is 7.56. The molecule has 0 aliphatic carbocycles. The summed E-state index contributed by atoms with van der Waals surface area (Å²) in [5.41, 5.74) is 0. The second-order valence-corrected chi connectivity index (χ2v) is 6.54. The van der Waals surface area contributed by atoms with Crippen LogP contribution in [0, 0.1) is 5.92 Å². The molecule has 0 amide bonds. The third-order valence-electron chi connectivity index (χ3n) is 2.95. The summed E-state index contributed by atoms with van der Waals surface area (Å²) in [6.45, 7) is 4.48. The predicted molar refractivity (Wildman–Crippen MR) is 71.1 cm³/mol. The van der Waals surface area contributed by atoms with Gasteiger partial charge in [-0.25, -0.2) is 13.1 Å². The van der Waals surface area contributed by atoms with Gasteiger partial charge in [-0.15, -0.1) is 12.4 Å². The van der Waals surface area contributed by atoms with Crippen molar-refractivity contribution in [3.05, 3.63) is 0 Å². The minimum Gasteiger partial charge on any atom is -0.383 e. The Balaban J connectivity index is 0.00000256.